The van der Waals surface area contributed by atoms with Crippen molar-refractivity contribution < 1.29 is 17.9 Å². The van der Waals surface area contributed by atoms with Crippen LogP contribution in [0.1, 0.15) is 38.5 Å². The maximum atomic E-state index is 12.4. The molecule has 21 heavy (non-hydrogen) atoms. The van der Waals surface area contributed by atoms with Crippen LogP contribution in [0, 0.1) is 0 Å². The zero-order valence-electron chi connectivity index (χ0n) is 12.7. The molecule has 0 aromatic heterocycles. The molecule has 0 amide bonds. The first-order valence-corrected chi connectivity index (χ1v) is 9.64. The Morgan fingerprint density at radius 1 is 1.19 bits per heavy atom. The smallest absolute Gasteiger partial charge is 0.216 e. The first kappa shape index (κ1) is 17.1. The van der Waals surface area contributed by atoms with Gasteiger partial charge in [0, 0.05) is 26.3 Å². The average molecular weight is 320 g/mol. The molecule has 0 radical (unpaired) electrons. The molecular formula is C14H28N2O4S. The highest BCUT2D eigenvalue weighted by atomic mass is 32.2. The third-order valence-electron chi connectivity index (χ3n) is 4.17. The van der Waals surface area contributed by atoms with Crippen LogP contribution in [0.15, 0.2) is 0 Å². The average Bonchev–Trinajstić information content (AvgIpc) is 2.49. The number of rotatable bonds is 7. The van der Waals surface area contributed by atoms with Gasteiger partial charge >= 0.3 is 0 Å². The molecule has 0 aromatic rings. The predicted octanol–water partition coefficient (Wildman–Crippen LogP) is 0.715. The van der Waals surface area contributed by atoms with Crippen LogP contribution in [0.4, 0.5) is 0 Å². The van der Waals surface area contributed by atoms with E-state index in [0.717, 1.165) is 38.5 Å². The van der Waals surface area contributed by atoms with Crippen LogP contribution in [0.5, 0.6) is 0 Å². The summed E-state index contributed by atoms with van der Waals surface area (Å²) in [5.41, 5.74) is 5.43. The van der Waals surface area contributed by atoms with Crippen LogP contribution in [-0.2, 0) is 19.5 Å². The number of piperidine rings is 1. The van der Waals surface area contributed by atoms with E-state index in [1.54, 1.807) is 4.31 Å². The Morgan fingerprint density at radius 3 is 2.57 bits per heavy atom. The highest BCUT2D eigenvalue weighted by Gasteiger charge is 2.31. The van der Waals surface area contributed by atoms with E-state index in [4.69, 9.17) is 15.2 Å². The summed E-state index contributed by atoms with van der Waals surface area (Å²) in [6.45, 7) is 3.11. The van der Waals surface area contributed by atoms with Crippen molar-refractivity contribution in [2.75, 3.05) is 38.6 Å². The Balaban J connectivity index is 1.74. The number of nitrogens with zero attached hydrogens (tertiary/aromatic N) is 1. The fraction of sp³-hybridized carbons (Fsp3) is 1.00. The second-order valence-corrected chi connectivity index (χ2v) is 7.89. The second-order valence-electron chi connectivity index (χ2n) is 5.88. The lowest BCUT2D eigenvalue weighted by Crippen LogP contribution is -2.44. The molecule has 1 unspecified atom stereocenters. The third kappa shape index (κ3) is 5.49. The van der Waals surface area contributed by atoms with E-state index < -0.39 is 10.0 Å². The summed E-state index contributed by atoms with van der Waals surface area (Å²) in [6, 6.07) is 0. The minimum Gasteiger partial charge on any atom is -0.378 e. The van der Waals surface area contributed by atoms with E-state index in [-0.39, 0.29) is 18.0 Å². The van der Waals surface area contributed by atoms with Gasteiger partial charge in [-0.25, -0.2) is 12.7 Å². The summed E-state index contributed by atoms with van der Waals surface area (Å²) in [7, 11) is -3.20. The predicted molar refractivity (Wildman–Crippen MR) is 81.6 cm³/mol. The number of sulfonamides is 1. The quantitative estimate of drug-likeness (QED) is 0.699. The van der Waals surface area contributed by atoms with Crippen molar-refractivity contribution in [1.82, 2.24) is 4.31 Å². The van der Waals surface area contributed by atoms with Gasteiger partial charge in [-0.15, -0.1) is 0 Å². The zero-order chi connectivity index (χ0) is 15.1. The molecule has 0 spiro atoms. The van der Waals surface area contributed by atoms with Crippen molar-refractivity contribution in [2.24, 2.45) is 5.73 Å². The van der Waals surface area contributed by atoms with Crippen molar-refractivity contribution in [3.05, 3.63) is 0 Å². The van der Waals surface area contributed by atoms with E-state index in [1.165, 1.54) is 0 Å². The summed E-state index contributed by atoms with van der Waals surface area (Å²) in [6.07, 6.45) is 5.43. The topological polar surface area (TPSA) is 81.9 Å². The maximum absolute atomic E-state index is 12.4. The Morgan fingerprint density at radius 2 is 1.95 bits per heavy atom. The molecule has 2 rings (SSSR count). The van der Waals surface area contributed by atoms with Gasteiger partial charge < -0.3 is 15.2 Å². The molecule has 6 nitrogen and oxygen atoms in total. The molecule has 2 fully saturated rings. The standard InChI is InChI=1S/C14H28N2O4S/c15-7-3-11-19-13-5-8-16(9-6-13)21(17,18)12-14-4-1-2-10-20-14/h13-14H,1-12,15H2. The first-order valence-electron chi connectivity index (χ1n) is 8.03. The highest BCUT2D eigenvalue weighted by Crippen LogP contribution is 2.20. The fourth-order valence-corrected chi connectivity index (χ4v) is 4.60. The minimum atomic E-state index is -3.20. The van der Waals surface area contributed by atoms with E-state index in [1.807, 2.05) is 0 Å². The van der Waals surface area contributed by atoms with Crippen LogP contribution < -0.4 is 5.73 Å². The van der Waals surface area contributed by atoms with Crippen LogP contribution in [0.25, 0.3) is 0 Å². The summed E-state index contributed by atoms with van der Waals surface area (Å²) < 4.78 is 37.7. The molecule has 0 aromatic carbocycles. The molecular weight excluding hydrogens is 292 g/mol. The van der Waals surface area contributed by atoms with Gasteiger partial charge in [0.05, 0.1) is 18.0 Å². The van der Waals surface area contributed by atoms with Crippen molar-refractivity contribution in [2.45, 2.75) is 50.7 Å². The van der Waals surface area contributed by atoms with Gasteiger partial charge in [0.25, 0.3) is 0 Å². The van der Waals surface area contributed by atoms with Crippen molar-refractivity contribution in [3.63, 3.8) is 0 Å². The lowest BCUT2D eigenvalue weighted by Gasteiger charge is -2.32. The SMILES string of the molecule is NCCCOC1CCN(S(=O)(=O)CC2CCCCO2)CC1. The molecule has 0 bridgehead atoms. The Hall–Kier alpha value is -0.210. The van der Waals surface area contributed by atoms with Crippen molar-refractivity contribution in [3.8, 4) is 0 Å². The van der Waals surface area contributed by atoms with Gasteiger partial charge in [-0.3, -0.25) is 0 Å². The van der Waals surface area contributed by atoms with Crippen LogP contribution >= 0.6 is 0 Å². The molecule has 2 aliphatic heterocycles. The summed E-state index contributed by atoms with van der Waals surface area (Å²) >= 11 is 0. The molecule has 2 saturated heterocycles. The zero-order valence-corrected chi connectivity index (χ0v) is 13.5. The number of hydrogen-bond acceptors (Lipinski definition) is 5. The summed E-state index contributed by atoms with van der Waals surface area (Å²) in [4.78, 5) is 0. The summed E-state index contributed by atoms with van der Waals surface area (Å²) in [5.74, 6) is 0.131. The number of hydrogen-bond donors (Lipinski definition) is 1. The molecule has 1 atom stereocenters. The van der Waals surface area contributed by atoms with E-state index in [0.29, 0.717) is 32.8 Å². The minimum absolute atomic E-state index is 0.123. The van der Waals surface area contributed by atoms with E-state index in [2.05, 4.69) is 0 Å². The molecule has 0 aliphatic carbocycles. The van der Waals surface area contributed by atoms with Gasteiger partial charge in [-0.2, -0.15) is 0 Å². The van der Waals surface area contributed by atoms with E-state index in [9.17, 15) is 8.42 Å². The molecule has 0 saturated carbocycles. The molecule has 2 aliphatic rings. The van der Waals surface area contributed by atoms with Gasteiger partial charge in [-0.1, -0.05) is 0 Å². The van der Waals surface area contributed by atoms with Gasteiger partial charge in [0.2, 0.25) is 10.0 Å². The lowest BCUT2D eigenvalue weighted by molar-refractivity contribution is 0.0187. The van der Waals surface area contributed by atoms with Gasteiger partial charge in [0.1, 0.15) is 0 Å². The highest BCUT2D eigenvalue weighted by molar-refractivity contribution is 7.89. The van der Waals surface area contributed by atoms with Gasteiger partial charge in [-0.05, 0) is 45.1 Å². The second kappa shape index (κ2) is 8.43. The van der Waals surface area contributed by atoms with Crippen LogP contribution in [0.2, 0.25) is 0 Å². The van der Waals surface area contributed by atoms with E-state index >= 15 is 0 Å². The molecule has 2 heterocycles. The lowest BCUT2D eigenvalue weighted by atomic mass is 10.1. The van der Waals surface area contributed by atoms with Crippen molar-refractivity contribution in [1.29, 1.82) is 0 Å². The maximum Gasteiger partial charge on any atom is 0.216 e. The Kier molecular flexibility index (Phi) is 6.88. The fourth-order valence-electron chi connectivity index (χ4n) is 2.89. The van der Waals surface area contributed by atoms with Crippen LogP contribution in [-0.4, -0.2) is 63.5 Å². The first-order chi connectivity index (χ1) is 10.1. The molecule has 124 valence electrons. The molecule has 2 N–H and O–H groups in total. The van der Waals surface area contributed by atoms with Crippen molar-refractivity contribution >= 4 is 10.0 Å². The largest absolute Gasteiger partial charge is 0.378 e. The van der Waals surface area contributed by atoms with Crippen LogP contribution in [0.3, 0.4) is 0 Å². The summed E-state index contributed by atoms with van der Waals surface area (Å²) in [5, 5.41) is 0. The third-order valence-corrected chi connectivity index (χ3v) is 6.11. The Labute approximate surface area is 128 Å². The Bertz CT molecular complexity index is 388. The number of ether oxygens (including phenoxy) is 2. The normalized spacial score (nSPS) is 26.0. The number of nitrogens with two attached hydrogens (primary N) is 1. The van der Waals surface area contributed by atoms with Gasteiger partial charge in [0.15, 0.2) is 0 Å². The molecule has 7 heteroatoms. The monoisotopic (exact) mass is 320 g/mol.